The number of benzene rings is 2. The summed E-state index contributed by atoms with van der Waals surface area (Å²) in [6, 6.07) is 9.11. The van der Waals surface area contributed by atoms with E-state index in [0.717, 1.165) is 19.3 Å². The second-order valence-electron chi connectivity index (χ2n) is 5.24. The van der Waals surface area contributed by atoms with Gasteiger partial charge in [0.05, 0.1) is 17.7 Å². The van der Waals surface area contributed by atoms with Crippen LogP contribution < -0.4 is 9.47 Å². The maximum absolute atomic E-state index is 14.0. The lowest BCUT2D eigenvalue weighted by Crippen LogP contribution is -2.04. The summed E-state index contributed by atoms with van der Waals surface area (Å²) in [7, 11) is 0. The van der Waals surface area contributed by atoms with Crippen LogP contribution in [-0.2, 0) is 0 Å². The minimum absolute atomic E-state index is 0.0372. The van der Waals surface area contributed by atoms with Gasteiger partial charge in [0, 0.05) is 5.56 Å². The fraction of sp³-hybridized carbons (Fsp3) is 0.0556. The molecule has 0 aliphatic heterocycles. The van der Waals surface area contributed by atoms with Gasteiger partial charge in [-0.3, -0.25) is 0 Å². The van der Waals surface area contributed by atoms with E-state index >= 15 is 0 Å². The van der Waals surface area contributed by atoms with Gasteiger partial charge >= 0.3 is 0 Å². The number of hydrogen-bond donors (Lipinski definition) is 0. The van der Waals surface area contributed by atoms with Gasteiger partial charge in [0.2, 0.25) is 23.3 Å². The van der Waals surface area contributed by atoms with E-state index in [1.807, 2.05) is 6.07 Å². The van der Waals surface area contributed by atoms with Crippen molar-refractivity contribution < 1.29 is 27.0 Å². The van der Waals surface area contributed by atoms with E-state index in [9.17, 15) is 17.6 Å². The molecule has 9 heteroatoms. The van der Waals surface area contributed by atoms with Crippen molar-refractivity contribution in [1.29, 1.82) is 5.26 Å². The van der Waals surface area contributed by atoms with Crippen molar-refractivity contribution in [3.8, 4) is 29.3 Å². The monoisotopic (exact) mass is 375 g/mol. The average molecular weight is 375 g/mol. The maximum atomic E-state index is 14.0. The molecule has 0 spiro atoms. The summed E-state index contributed by atoms with van der Waals surface area (Å²) in [6.07, 6.45) is 0.997. The molecule has 0 fully saturated rings. The molecule has 0 aliphatic carbocycles. The molecule has 3 aromatic rings. The number of halogens is 4. The second kappa shape index (κ2) is 7.29. The van der Waals surface area contributed by atoms with Crippen molar-refractivity contribution in [2.75, 3.05) is 0 Å². The molecule has 2 aromatic carbocycles. The van der Waals surface area contributed by atoms with Gasteiger partial charge in [-0.2, -0.15) is 9.65 Å². The van der Waals surface area contributed by atoms with E-state index in [2.05, 4.69) is 9.97 Å². The van der Waals surface area contributed by atoms with Gasteiger partial charge < -0.3 is 9.47 Å². The quantitative estimate of drug-likeness (QED) is 0.372. The minimum atomic E-state index is -1.85. The van der Waals surface area contributed by atoms with E-state index in [1.165, 1.54) is 24.3 Å². The Morgan fingerprint density at radius 2 is 1.48 bits per heavy atom. The van der Waals surface area contributed by atoms with Crippen LogP contribution in [0, 0.1) is 41.5 Å². The Labute approximate surface area is 150 Å². The standard InChI is InChI=1S/C18H9F4N3O2/c1-9-14(19)16(21)17(22)18(15(9)20)27-13-6-12(24-8-25-13)26-11-4-2-10(7-23)3-5-11/h2-6,8H,1H3. The molecule has 0 atom stereocenters. The molecule has 27 heavy (non-hydrogen) atoms. The van der Waals surface area contributed by atoms with Crippen molar-refractivity contribution in [2.24, 2.45) is 0 Å². The highest BCUT2D eigenvalue weighted by atomic mass is 19.2. The highest BCUT2D eigenvalue weighted by Gasteiger charge is 2.25. The van der Waals surface area contributed by atoms with Gasteiger partial charge in [-0.1, -0.05) is 0 Å². The third kappa shape index (κ3) is 3.64. The highest BCUT2D eigenvalue weighted by Crippen LogP contribution is 2.33. The maximum Gasteiger partial charge on any atom is 0.226 e. The molecular formula is C18H9F4N3O2. The van der Waals surface area contributed by atoms with Gasteiger partial charge in [0.25, 0.3) is 0 Å². The Bertz CT molecular complexity index is 1020. The zero-order valence-corrected chi connectivity index (χ0v) is 13.6. The molecule has 3 rings (SSSR count). The van der Waals surface area contributed by atoms with Crippen LogP contribution in [0.15, 0.2) is 36.7 Å². The number of hydrogen-bond acceptors (Lipinski definition) is 5. The molecule has 0 saturated carbocycles. The van der Waals surface area contributed by atoms with Crippen LogP contribution in [0.5, 0.6) is 23.3 Å². The van der Waals surface area contributed by atoms with Crippen molar-refractivity contribution in [3.63, 3.8) is 0 Å². The molecule has 0 radical (unpaired) electrons. The van der Waals surface area contributed by atoms with Crippen LogP contribution in [0.4, 0.5) is 17.6 Å². The number of nitriles is 1. The molecule has 0 N–H and O–H groups in total. The van der Waals surface area contributed by atoms with Gasteiger partial charge in [-0.15, -0.1) is 0 Å². The van der Waals surface area contributed by atoms with Crippen LogP contribution in [-0.4, -0.2) is 9.97 Å². The summed E-state index contributed by atoms with van der Waals surface area (Å²) in [4.78, 5) is 7.47. The molecule has 0 bridgehead atoms. The predicted octanol–water partition coefficient (Wildman–Crippen LogP) is 4.80. The van der Waals surface area contributed by atoms with E-state index in [4.69, 9.17) is 14.7 Å². The van der Waals surface area contributed by atoms with Crippen molar-refractivity contribution in [3.05, 3.63) is 71.1 Å². The van der Waals surface area contributed by atoms with E-state index in [0.29, 0.717) is 11.3 Å². The van der Waals surface area contributed by atoms with Crippen LogP contribution in [0.2, 0.25) is 0 Å². The first-order valence-electron chi connectivity index (χ1n) is 7.41. The predicted molar refractivity (Wildman–Crippen MR) is 84.3 cm³/mol. The Balaban J connectivity index is 1.87. The SMILES string of the molecule is Cc1c(F)c(F)c(F)c(Oc2cc(Oc3ccc(C#N)cc3)ncn2)c1F. The molecule has 0 saturated heterocycles. The lowest BCUT2D eigenvalue weighted by atomic mass is 10.2. The fourth-order valence-corrected chi connectivity index (χ4v) is 2.07. The molecule has 1 aromatic heterocycles. The molecular weight excluding hydrogens is 366 g/mol. The highest BCUT2D eigenvalue weighted by molar-refractivity contribution is 5.39. The average Bonchev–Trinajstić information content (AvgIpc) is 2.69. The normalized spacial score (nSPS) is 10.4. The Hall–Kier alpha value is -3.67. The first-order chi connectivity index (χ1) is 12.9. The Morgan fingerprint density at radius 3 is 2.11 bits per heavy atom. The fourth-order valence-electron chi connectivity index (χ4n) is 2.07. The van der Waals surface area contributed by atoms with Crippen LogP contribution in [0.3, 0.4) is 0 Å². The minimum Gasteiger partial charge on any atom is -0.439 e. The number of ether oxygens (including phenoxy) is 2. The third-order valence-electron chi connectivity index (χ3n) is 3.47. The lowest BCUT2D eigenvalue weighted by molar-refractivity contribution is 0.354. The largest absolute Gasteiger partial charge is 0.439 e. The first-order valence-corrected chi connectivity index (χ1v) is 7.41. The van der Waals surface area contributed by atoms with Gasteiger partial charge in [0.15, 0.2) is 17.5 Å². The molecule has 0 aliphatic rings. The van der Waals surface area contributed by atoms with Gasteiger partial charge in [-0.05, 0) is 31.2 Å². The number of nitrogens with zero attached hydrogens (tertiary/aromatic N) is 3. The number of rotatable bonds is 4. The summed E-state index contributed by atoms with van der Waals surface area (Å²) < 4.78 is 65.1. The Morgan fingerprint density at radius 1 is 0.852 bits per heavy atom. The van der Waals surface area contributed by atoms with Crippen LogP contribution in [0.25, 0.3) is 0 Å². The first kappa shape index (κ1) is 18.1. The van der Waals surface area contributed by atoms with Crippen molar-refractivity contribution in [2.45, 2.75) is 6.92 Å². The zero-order valence-electron chi connectivity index (χ0n) is 13.6. The summed E-state index contributed by atoms with van der Waals surface area (Å²) >= 11 is 0. The summed E-state index contributed by atoms with van der Waals surface area (Å²) in [5.41, 5.74) is -0.305. The van der Waals surface area contributed by atoms with E-state index in [-0.39, 0.29) is 11.8 Å². The summed E-state index contributed by atoms with van der Waals surface area (Å²) in [5.74, 6) is -7.88. The molecule has 136 valence electrons. The lowest BCUT2D eigenvalue weighted by Gasteiger charge is -2.11. The van der Waals surface area contributed by atoms with Crippen molar-refractivity contribution in [1.82, 2.24) is 9.97 Å². The van der Waals surface area contributed by atoms with Gasteiger partial charge in [0.1, 0.15) is 12.1 Å². The summed E-state index contributed by atoms with van der Waals surface area (Å²) in [5, 5.41) is 8.76. The molecule has 0 unspecified atom stereocenters. The van der Waals surface area contributed by atoms with Crippen LogP contribution >= 0.6 is 0 Å². The number of aromatic nitrogens is 2. The second-order valence-corrected chi connectivity index (χ2v) is 5.24. The third-order valence-corrected chi connectivity index (χ3v) is 3.47. The van der Waals surface area contributed by atoms with Crippen LogP contribution in [0.1, 0.15) is 11.1 Å². The molecule has 1 heterocycles. The topological polar surface area (TPSA) is 68.0 Å². The summed E-state index contributed by atoms with van der Waals surface area (Å²) in [6.45, 7) is 0.944. The smallest absolute Gasteiger partial charge is 0.226 e. The molecule has 0 amide bonds. The Kier molecular flexibility index (Phi) is 4.90. The zero-order chi connectivity index (χ0) is 19.6. The van der Waals surface area contributed by atoms with E-state index < -0.39 is 34.6 Å². The molecule has 5 nitrogen and oxygen atoms in total. The van der Waals surface area contributed by atoms with E-state index in [1.54, 1.807) is 0 Å². The van der Waals surface area contributed by atoms with Crippen molar-refractivity contribution >= 4 is 0 Å². The van der Waals surface area contributed by atoms with Gasteiger partial charge in [-0.25, -0.2) is 23.1 Å².